The van der Waals surface area contributed by atoms with Gasteiger partial charge in [-0.2, -0.15) is 0 Å². The molecule has 0 spiro atoms. The zero-order chi connectivity index (χ0) is 13.1. The maximum Gasteiger partial charge on any atom is 0.318 e. The summed E-state index contributed by atoms with van der Waals surface area (Å²) >= 11 is 1.50. The first-order valence-corrected chi connectivity index (χ1v) is 6.40. The summed E-state index contributed by atoms with van der Waals surface area (Å²) in [6.07, 6.45) is 0.277. The normalized spacial score (nSPS) is 19.1. The van der Waals surface area contributed by atoms with Crippen molar-refractivity contribution < 1.29 is 19.1 Å². The number of Topliss-reactive ketones (excluding diaryl/α,β-unsaturated/α-hetero) is 1. The fourth-order valence-electron chi connectivity index (χ4n) is 1.90. The van der Waals surface area contributed by atoms with Gasteiger partial charge in [-0.25, -0.2) is 0 Å². The van der Waals surface area contributed by atoms with Gasteiger partial charge in [-0.15, -0.1) is 11.3 Å². The average molecular weight is 267 g/mol. The number of nitrogens with zero attached hydrogens (tertiary/aromatic N) is 1. The van der Waals surface area contributed by atoms with E-state index in [1.54, 1.807) is 0 Å². The van der Waals surface area contributed by atoms with Crippen LogP contribution in [0, 0.1) is 5.92 Å². The number of carbonyl (C=O) groups is 3. The van der Waals surface area contributed by atoms with Crippen LogP contribution in [0.4, 0.5) is 0 Å². The highest BCUT2D eigenvalue weighted by Gasteiger charge is 2.38. The van der Waals surface area contributed by atoms with Gasteiger partial charge >= 0.3 is 5.97 Å². The third kappa shape index (κ3) is 2.59. The summed E-state index contributed by atoms with van der Waals surface area (Å²) in [6.45, 7) is 0.139. The van der Waals surface area contributed by atoms with Crippen LogP contribution in [0.2, 0.25) is 0 Å². The van der Waals surface area contributed by atoms with Gasteiger partial charge in [0.1, 0.15) is 5.92 Å². The molecular weight excluding hydrogens is 254 g/mol. The number of thiophene rings is 1. The van der Waals surface area contributed by atoms with Crippen molar-refractivity contribution in [3.8, 4) is 0 Å². The molecule has 96 valence electrons. The molecule has 1 aliphatic heterocycles. The van der Waals surface area contributed by atoms with Crippen LogP contribution >= 0.6 is 11.3 Å². The molecule has 5 nitrogen and oxygen atoms in total. The Balaban J connectivity index is 1.97. The quantitative estimate of drug-likeness (QED) is 0.590. The topological polar surface area (TPSA) is 63.7 Å². The Kier molecular flexibility index (Phi) is 3.76. The zero-order valence-corrected chi connectivity index (χ0v) is 10.7. The number of methoxy groups -OCH3 is 1. The van der Waals surface area contributed by atoms with E-state index >= 15 is 0 Å². The molecule has 2 rings (SSSR count). The third-order valence-corrected chi connectivity index (χ3v) is 3.76. The number of ether oxygens (including phenoxy) is 1. The van der Waals surface area contributed by atoms with Crippen LogP contribution < -0.4 is 0 Å². The van der Waals surface area contributed by atoms with Crippen LogP contribution in [0.15, 0.2) is 17.5 Å². The predicted octanol–water partition coefficient (Wildman–Crippen LogP) is 0.491. The van der Waals surface area contributed by atoms with Crippen LogP contribution in [0.25, 0.3) is 0 Å². The van der Waals surface area contributed by atoms with Crippen molar-refractivity contribution >= 4 is 29.0 Å². The number of carbonyl (C=O) groups excluding carboxylic acids is 3. The summed E-state index contributed by atoms with van der Waals surface area (Å²) in [5, 5.41) is 1.90. The van der Waals surface area contributed by atoms with Gasteiger partial charge in [-0.3, -0.25) is 14.4 Å². The summed E-state index contributed by atoms with van der Waals surface area (Å²) in [6, 6.07) is 3.75. The summed E-state index contributed by atoms with van der Waals surface area (Å²) in [5.41, 5.74) is 0. The Morgan fingerprint density at radius 2 is 2.33 bits per heavy atom. The van der Waals surface area contributed by atoms with Crippen molar-refractivity contribution in [2.75, 3.05) is 20.2 Å². The second-order valence-electron chi connectivity index (χ2n) is 4.07. The molecular formula is C12H13NO4S. The fourth-order valence-corrected chi connectivity index (χ4v) is 2.59. The lowest BCUT2D eigenvalue weighted by Crippen LogP contribution is -2.31. The highest BCUT2D eigenvalue weighted by atomic mass is 32.1. The highest BCUT2D eigenvalue weighted by molar-refractivity contribution is 7.10. The molecule has 1 amide bonds. The molecule has 0 saturated carbocycles. The van der Waals surface area contributed by atoms with Crippen molar-refractivity contribution in [1.82, 2.24) is 4.90 Å². The molecule has 1 aliphatic rings. The zero-order valence-electron chi connectivity index (χ0n) is 9.92. The minimum absolute atomic E-state index is 0.00394. The van der Waals surface area contributed by atoms with E-state index in [4.69, 9.17) is 0 Å². The van der Waals surface area contributed by atoms with Crippen LogP contribution in [0.3, 0.4) is 0 Å². The maximum atomic E-state index is 11.9. The Bertz CT molecular complexity index is 468. The Morgan fingerprint density at radius 3 is 2.94 bits per heavy atom. The lowest BCUT2D eigenvalue weighted by molar-refractivity contribution is -0.147. The number of likely N-dealkylation sites (tertiary alicyclic amines) is 1. The fraction of sp³-hybridized carbons (Fsp3) is 0.417. The molecule has 18 heavy (non-hydrogen) atoms. The Hall–Kier alpha value is -1.69. The van der Waals surface area contributed by atoms with E-state index in [0.29, 0.717) is 0 Å². The van der Waals surface area contributed by atoms with Gasteiger partial charge in [-0.1, -0.05) is 6.07 Å². The van der Waals surface area contributed by atoms with E-state index in [1.165, 1.54) is 23.3 Å². The first kappa shape index (κ1) is 12.8. The highest BCUT2D eigenvalue weighted by Crippen LogP contribution is 2.17. The van der Waals surface area contributed by atoms with Crippen molar-refractivity contribution in [3.63, 3.8) is 0 Å². The molecule has 1 aromatic heterocycles. The summed E-state index contributed by atoms with van der Waals surface area (Å²) in [7, 11) is 1.24. The Morgan fingerprint density at radius 1 is 1.56 bits per heavy atom. The molecule has 0 aliphatic carbocycles. The Labute approximate surface area is 108 Å². The van der Waals surface area contributed by atoms with Gasteiger partial charge in [0.2, 0.25) is 5.91 Å². The summed E-state index contributed by atoms with van der Waals surface area (Å²) in [5.74, 6) is -1.76. The molecule has 0 aromatic carbocycles. The van der Waals surface area contributed by atoms with Crippen molar-refractivity contribution in [2.24, 2.45) is 5.92 Å². The number of rotatable bonds is 3. The minimum Gasteiger partial charge on any atom is -0.468 e. The number of hydrogen-bond donors (Lipinski definition) is 0. The molecule has 0 N–H and O–H groups in total. The molecule has 2 heterocycles. The van der Waals surface area contributed by atoms with Gasteiger partial charge in [0, 0.05) is 11.4 Å². The van der Waals surface area contributed by atoms with E-state index in [1.807, 2.05) is 17.5 Å². The average Bonchev–Trinajstić information content (AvgIpc) is 2.97. The molecule has 1 unspecified atom stereocenters. The van der Waals surface area contributed by atoms with Gasteiger partial charge < -0.3 is 9.64 Å². The first-order valence-electron chi connectivity index (χ1n) is 5.52. The van der Waals surface area contributed by atoms with E-state index in [9.17, 15) is 14.4 Å². The molecule has 1 fully saturated rings. The van der Waals surface area contributed by atoms with E-state index < -0.39 is 11.9 Å². The molecule has 6 heteroatoms. The van der Waals surface area contributed by atoms with Crippen LogP contribution in [0.1, 0.15) is 4.88 Å². The minimum atomic E-state index is -0.817. The monoisotopic (exact) mass is 267 g/mol. The lowest BCUT2D eigenvalue weighted by atomic mass is 10.1. The van der Waals surface area contributed by atoms with Gasteiger partial charge in [0.25, 0.3) is 0 Å². The second-order valence-corrected chi connectivity index (χ2v) is 5.10. The lowest BCUT2D eigenvalue weighted by Gasteiger charge is -2.14. The summed E-state index contributed by atoms with van der Waals surface area (Å²) < 4.78 is 4.54. The number of hydrogen-bond acceptors (Lipinski definition) is 5. The van der Waals surface area contributed by atoms with Gasteiger partial charge in [-0.05, 0) is 11.4 Å². The van der Waals surface area contributed by atoms with E-state index in [0.717, 1.165) is 4.88 Å². The van der Waals surface area contributed by atoms with Crippen LogP contribution in [-0.2, 0) is 25.5 Å². The number of esters is 1. The summed E-state index contributed by atoms with van der Waals surface area (Å²) in [4.78, 5) is 37.2. The second kappa shape index (κ2) is 5.30. The van der Waals surface area contributed by atoms with Crippen molar-refractivity contribution in [2.45, 2.75) is 6.42 Å². The molecule has 1 atom stereocenters. The largest absolute Gasteiger partial charge is 0.468 e. The van der Waals surface area contributed by atoms with E-state index in [-0.39, 0.29) is 31.2 Å². The van der Waals surface area contributed by atoms with Crippen molar-refractivity contribution in [3.05, 3.63) is 22.4 Å². The van der Waals surface area contributed by atoms with E-state index in [2.05, 4.69) is 4.74 Å². The van der Waals surface area contributed by atoms with Gasteiger partial charge in [0.05, 0.1) is 20.1 Å². The predicted molar refractivity (Wildman–Crippen MR) is 65.1 cm³/mol. The molecule has 0 bridgehead atoms. The van der Waals surface area contributed by atoms with Crippen LogP contribution in [-0.4, -0.2) is 42.8 Å². The number of amides is 1. The van der Waals surface area contributed by atoms with Crippen molar-refractivity contribution in [1.29, 1.82) is 0 Å². The maximum absolute atomic E-state index is 11.9. The van der Waals surface area contributed by atoms with Crippen LogP contribution in [0.5, 0.6) is 0 Å². The number of ketones is 1. The molecule has 1 saturated heterocycles. The SMILES string of the molecule is COC(=O)C1CN(C(=O)Cc2cccs2)CC1=O. The smallest absolute Gasteiger partial charge is 0.318 e. The first-order chi connectivity index (χ1) is 8.61. The third-order valence-electron chi connectivity index (χ3n) is 2.88. The molecule has 1 aromatic rings. The molecule has 0 radical (unpaired) electrons. The standard InChI is InChI=1S/C12H13NO4S/c1-17-12(16)9-6-13(7-10(9)14)11(15)5-8-3-2-4-18-8/h2-4,9H,5-7H2,1H3. The van der Waals surface area contributed by atoms with Gasteiger partial charge in [0.15, 0.2) is 5.78 Å².